The van der Waals surface area contributed by atoms with Crippen LogP contribution in [0.3, 0.4) is 0 Å². The highest BCUT2D eigenvalue weighted by Crippen LogP contribution is 2.18. The molecule has 2 N–H and O–H groups in total. The van der Waals surface area contributed by atoms with Gasteiger partial charge in [-0.3, -0.25) is 4.79 Å². The van der Waals surface area contributed by atoms with Crippen molar-refractivity contribution in [1.82, 2.24) is 15.3 Å². The minimum atomic E-state index is 0.0716. The zero-order valence-electron chi connectivity index (χ0n) is 12.7. The van der Waals surface area contributed by atoms with Gasteiger partial charge in [0.15, 0.2) is 0 Å². The normalized spacial score (nSPS) is 12.8. The van der Waals surface area contributed by atoms with Gasteiger partial charge in [-0.05, 0) is 31.0 Å². The summed E-state index contributed by atoms with van der Waals surface area (Å²) in [5.74, 6) is 1.43. The molecular weight excluding hydrogens is 250 g/mol. The Labute approximate surface area is 120 Å². The molecule has 1 aromatic heterocycles. The molecule has 20 heavy (non-hydrogen) atoms. The topological polar surface area (TPSA) is 57.8 Å². The smallest absolute Gasteiger partial charge is 0.224 e. The van der Waals surface area contributed by atoms with Crippen molar-refractivity contribution in [3.8, 4) is 0 Å². The van der Waals surface area contributed by atoms with Crippen molar-refractivity contribution in [2.45, 2.75) is 52.5 Å². The van der Waals surface area contributed by atoms with Gasteiger partial charge in [0, 0.05) is 12.0 Å². The maximum atomic E-state index is 11.9. The lowest BCUT2D eigenvalue weighted by atomic mass is 10.1. The van der Waals surface area contributed by atoms with E-state index < -0.39 is 0 Å². The van der Waals surface area contributed by atoms with E-state index in [0.717, 1.165) is 28.8 Å². The highest BCUT2D eigenvalue weighted by Gasteiger charge is 2.10. The minimum absolute atomic E-state index is 0.0716. The number of nitrogens with one attached hydrogen (secondary N) is 2. The Morgan fingerprint density at radius 3 is 2.75 bits per heavy atom. The van der Waals surface area contributed by atoms with Crippen molar-refractivity contribution >= 4 is 16.9 Å². The Kier molecular flexibility index (Phi) is 4.42. The molecule has 1 atom stereocenters. The number of hydrogen-bond donors (Lipinski definition) is 2. The maximum Gasteiger partial charge on any atom is 0.224 e. The summed E-state index contributed by atoms with van der Waals surface area (Å²) in [5, 5.41) is 2.98. The Morgan fingerprint density at radius 1 is 1.35 bits per heavy atom. The Bertz CT molecular complexity index is 601. The lowest BCUT2D eigenvalue weighted by Gasteiger charge is -2.11. The molecule has 4 nitrogen and oxygen atoms in total. The standard InChI is InChI=1S/C16H23N3O/c1-5-11(4)17-15(20)9-12-6-7-13-14(8-12)19-16(18-13)10(2)3/h6-8,10-11H,5,9H2,1-4H3,(H,17,20)(H,18,19). The predicted molar refractivity (Wildman–Crippen MR) is 81.8 cm³/mol. The molecule has 2 rings (SSSR count). The first-order valence-electron chi connectivity index (χ1n) is 7.27. The fourth-order valence-electron chi connectivity index (χ4n) is 2.07. The first-order chi connectivity index (χ1) is 9.49. The van der Waals surface area contributed by atoms with Gasteiger partial charge in [-0.15, -0.1) is 0 Å². The number of aromatic nitrogens is 2. The van der Waals surface area contributed by atoms with Gasteiger partial charge in [-0.1, -0.05) is 26.8 Å². The summed E-state index contributed by atoms with van der Waals surface area (Å²) in [6.45, 7) is 8.30. The number of carbonyl (C=O) groups is 1. The molecule has 1 amide bonds. The van der Waals surface area contributed by atoms with Crippen LogP contribution in [0.15, 0.2) is 18.2 Å². The average Bonchev–Trinajstić information content (AvgIpc) is 2.81. The summed E-state index contributed by atoms with van der Waals surface area (Å²) in [6, 6.07) is 6.20. The van der Waals surface area contributed by atoms with Crippen LogP contribution in [0.2, 0.25) is 0 Å². The van der Waals surface area contributed by atoms with E-state index in [1.807, 2.05) is 25.1 Å². The molecule has 0 bridgehead atoms. The van der Waals surface area contributed by atoms with Gasteiger partial charge in [-0.25, -0.2) is 4.98 Å². The van der Waals surface area contributed by atoms with Gasteiger partial charge in [-0.2, -0.15) is 0 Å². The maximum absolute atomic E-state index is 11.9. The van der Waals surface area contributed by atoms with E-state index in [0.29, 0.717) is 12.3 Å². The van der Waals surface area contributed by atoms with E-state index in [-0.39, 0.29) is 11.9 Å². The SMILES string of the molecule is CCC(C)NC(=O)Cc1ccc2nc(C(C)C)[nH]c2c1. The van der Waals surface area contributed by atoms with Crippen LogP contribution in [0, 0.1) is 0 Å². The van der Waals surface area contributed by atoms with Gasteiger partial charge < -0.3 is 10.3 Å². The van der Waals surface area contributed by atoms with Crippen LogP contribution < -0.4 is 5.32 Å². The molecule has 0 aliphatic carbocycles. The predicted octanol–water partition coefficient (Wildman–Crippen LogP) is 3.14. The minimum Gasteiger partial charge on any atom is -0.353 e. The fourth-order valence-corrected chi connectivity index (χ4v) is 2.07. The van der Waals surface area contributed by atoms with Crippen molar-refractivity contribution in [3.05, 3.63) is 29.6 Å². The Balaban J connectivity index is 2.13. The molecule has 1 unspecified atom stereocenters. The number of fused-ring (bicyclic) bond motifs is 1. The van der Waals surface area contributed by atoms with Gasteiger partial charge >= 0.3 is 0 Å². The molecule has 0 fully saturated rings. The lowest BCUT2D eigenvalue weighted by Crippen LogP contribution is -2.33. The van der Waals surface area contributed by atoms with Gasteiger partial charge in [0.05, 0.1) is 17.5 Å². The van der Waals surface area contributed by atoms with E-state index in [4.69, 9.17) is 0 Å². The molecular formula is C16H23N3O. The highest BCUT2D eigenvalue weighted by atomic mass is 16.1. The van der Waals surface area contributed by atoms with E-state index in [1.165, 1.54) is 0 Å². The van der Waals surface area contributed by atoms with E-state index in [2.05, 4.69) is 36.1 Å². The molecule has 108 valence electrons. The Morgan fingerprint density at radius 2 is 2.10 bits per heavy atom. The number of nitrogens with zero attached hydrogens (tertiary/aromatic N) is 1. The van der Waals surface area contributed by atoms with Crippen LogP contribution in [0.1, 0.15) is 51.4 Å². The number of carbonyl (C=O) groups excluding carboxylic acids is 1. The second-order valence-electron chi connectivity index (χ2n) is 5.68. The van der Waals surface area contributed by atoms with Crippen molar-refractivity contribution in [1.29, 1.82) is 0 Å². The number of H-pyrrole nitrogens is 1. The van der Waals surface area contributed by atoms with Crippen LogP contribution in [0.5, 0.6) is 0 Å². The summed E-state index contributed by atoms with van der Waals surface area (Å²) < 4.78 is 0. The van der Waals surface area contributed by atoms with Gasteiger partial charge in [0.2, 0.25) is 5.91 Å². The first kappa shape index (κ1) is 14.6. The summed E-state index contributed by atoms with van der Waals surface area (Å²) in [7, 11) is 0. The number of hydrogen-bond acceptors (Lipinski definition) is 2. The van der Waals surface area contributed by atoms with Crippen LogP contribution >= 0.6 is 0 Å². The summed E-state index contributed by atoms with van der Waals surface area (Å²) in [5.41, 5.74) is 2.97. The van der Waals surface area contributed by atoms with Crippen LogP contribution in [0.4, 0.5) is 0 Å². The van der Waals surface area contributed by atoms with Crippen molar-refractivity contribution < 1.29 is 4.79 Å². The van der Waals surface area contributed by atoms with Crippen molar-refractivity contribution in [3.63, 3.8) is 0 Å². The zero-order valence-corrected chi connectivity index (χ0v) is 12.7. The van der Waals surface area contributed by atoms with Gasteiger partial charge in [0.25, 0.3) is 0 Å². The van der Waals surface area contributed by atoms with Crippen molar-refractivity contribution in [2.24, 2.45) is 0 Å². The zero-order chi connectivity index (χ0) is 14.7. The van der Waals surface area contributed by atoms with E-state index in [1.54, 1.807) is 0 Å². The van der Waals surface area contributed by atoms with E-state index in [9.17, 15) is 4.79 Å². The number of amides is 1. The summed E-state index contributed by atoms with van der Waals surface area (Å²) in [4.78, 5) is 19.8. The third-order valence-corrected chi connectivity index (χ3v) is 3.50. The second-order valence-corrected chi connectivity index (χ2v) is 5.68. The molecule has 1 aromatic carbocycles. The summed E-state index contributed by atoms with van der Waals surface area (Å²) in [6.07, 6.45) is 1.36. The third-order valence-electron chi connectivity index (χ3n) is 3.50. The molecule has 0 spiro atoms. The van der Waals surface area contributed by atoms with E-state index >= 15 is 0 Å². The van der Waals surface area contributed by atoms with Crippen molar-refractivity contribution in [2.75, 3.05) is 0 Å². The average molecular weight is 273 g/mol. The number of imidazole rings is 1. The summed E-state index contributed by atoms with van der Waals surface area (Å²) >= 11 is 0. The monoisotopic (exact) mass is 273 g/mol. The first-order valence-corrected chi connectivity index (χ1v) is 7.27. The molecule has 1 heterocycles. The molecule has 4 heteroatoms. The lowest BCUT2D eigenvalue weighted by molar-refractivity contribution is -0.121. The van der Waals surface area contributed by atoms with Crippen LogP contribution in [-0.2, 0) is 11.2 Å². The number of aromatic amines is 1. The quantitative estimate of drug-likeness (QED) is 0.879. The third kappa shape index (κ3) is 3.38. The molecule has 0 saturated heterocycles. The second kappa shape index (κ2) is 6.07. The fraction of sp³-hybridized carbons (Fsp3) is 0.500. The largest absolute Gasteiger partial charge is 0.353 e. The number of rotatable bonds is 5. The molecule has 0 aliphatic rings. The highest BCUT2D eigenvalue weighted by molar-refractivity contribution is 5.81. The van der Waals surface area contributed by atoms with Crippen LogP contribution in [0.25, 0.3) is 11.0 Å². The van der Waals surface area contributed by atoms with Crippen LogP contribution in [-0.4, -0.2) is 21.9 Å². The molecule has 0 aliphatic heterocycles. The molecule has 0 radical (unpaired) electrons. The van der Waals surface area contributed by atoms with Gasteiger partial charge in [0.1, 0.15) is 5.82 Å². The Hall–Kier alpha value is -1.84. The molecule has 0 saturated carbocycles. The molecule has 2 aromatic rings. The number of benzene rings is 1.